The predicted octanol–water partition coefficient (Wildman–Crippen LogP) is 2.22. The summed E-state index contributed by atoms with van der Waals surface area (Å²) in [6.45, 7) is 6.30. The van der Waals surface area contributed by atoms with Gasteiger partial charge in [0.25, 0.3) is 0 Å². The van der Waals surface area contributed by atoms with Crippen molar-refractivity contribution in [3.8, 4) is 0 Å². The molecule has 4 heteroatoms. The third-order valence-electron chi connectivity index (χ3n) is 3.98. The van der Waals surface area contributed by atoms with E-state index in [4.69, 9.17) is 0 Å². The Morgan fingerprint density at radius 2 is 2.30 bits per heavy atom. The van der Waals surface area contributed by atoms with Gasteiger partial charge >= 0.3 is 0 Å². The quantitative estimate of drug-likeness (QED) is 0.886. The van der Waals surface area contributed by atoms with Crippen molar-refractivity contribution in [1.29, 1.82) is 0 Å². The molecule has 1 amide bonds. The molecule has 1 aromatic carbocycles. The van der Waals surface area contributed by atoms with Gasteiger partial charge in [-0.05, 0) is 37.1 Å². The largest absolute Gasteiger partial charge is 0.355 e. The van der Waals surface area contributed by atoms with Crippen molar-refractivity contribution in [3.05, 3.63) is 35.6 Å². The van der Waals surface area contributed by atoms with E-state index < -0.39 is 0 Å². The van der Waals surface area contributed by atoms with Gasteiger partial charge in [0.15, 0.2) is 0 Å². The van der Waals surface area contributed by atoms with E-state index in [0.29, 0.717) is 6.54 Å². The summed E-state index contributed by atoms with van der Waals surface area (Å²) in [5.74, 6) is -0.0767. The van der Waals surface area contributed by atoms with Crippen molar-refractivity contribution >= 4 is 5.91 Å². The lowest BCUT2D eigenvalue weighted by atomic mass is 9.84. The summed E-state index contributed by atoms with van der Waals surface area (Å²) in [6.07, 6.45) is 1.99. The SMILES string of the molecule is CC(C)(CNC(=O)C1CCCNC1)c1cccc(F)c1. The number of amides is 1. The Morgan fingerprint density at radius 1 is 1.50 bits per heavy atom. The van der Waals surface area contributed by atoms with E-state index in [2.05, 4.69) is 10.6 Å². The first-order chi connectivity index (χ1) is 9.49. The first-order valence-electron chi connectivity index (χ1n) is 7.23. The van der Waals surface area contributed by atoms with Crippen molar-refractivity contribution in [2.24, 2.45) is 5.92 Å². The molecule has 0 aliphatic carbocycles. The molecule has 1 aliphatic rings. The third-order valence-corrected chi connectivity index (χ3v) is 3.98. The van der Waals surface area contributed by atoms with Gasteiger partial charge in [-0.15, -0.1) is 0 Å². The zero-order valence-corrected chi connectivity index (χ0v) is 12.2. The Bertz CT molecular complexity index is 467. The molecular weight excluding hydrogens is 255 g/mol. The summed E-state index contributed by atoms with van der Waals surface area (Å²) >= 11 is 0. The number of nitrogens with one attached hydrogen (secondary N) is 2. The summed E-state index contributed by atoms with van der Waals surface area (Å²) in [7, 11) is 0. The number of hydrogen-bond acceptors (Lipinski definition) is 2. The topological polar surface area (TPSA) is 41.1 Å². The van der Waals surface area contributed by atoms with Crippen LogP contribution in [0.15, 0.2) is 24.3 Å². The van der Waals surface area contributed by atoms with Gasteiger partial charge in [0.2, 0.25) is 5.91 Å². The van der Waals surface area contributed by atoms with Crippen LogP contribution in [0.25, 0.3) is 0 Å². The van der Waals surface area contributed by atoms with E-state index in [1.807, 2.05) is 19.9 Å². The lowest BCUT2D eigenvalue weighted by molar-refractivity contribution is -0.125. The first-order valence-corrected chi connectivity index (χ1v) is 7.23. The number of carbonyl (C=O) groups is 1. The molecule has 2 N–H and O–H groups in total. The smallest absolute Gasteiger partial charge is 0.224 e. The average Bonchev–Trinajstić information content (AvgIpc) is 2.46. The van der Waals surface area contributed by atoms with Crippen LogP contribution in [0, 0.1) is 11.7 Å². The highest BCUT2D eigenvalue weighted by Gasteiger charge is 2.25. The van der Waals surface area contributed by atoms with Crippen LogP contribution in [-0.4, -0.2) is 25.5 Å². The zero-order valence-electron chi connectivity index (χ0n) is 12.2. The molecule has 0 spiro atoms. The number of benzene rings is 1. The van der Waals surface area contributed by atoms with Crippen molar-refractivity contribution in [3.63, 3.8) is 0 Å². The lowest BCUT2D eigenvalue weighted by Gasteiger charge is -2.28. The summed E-state index contributed by atoms with van der Waals surface area (Å²) in [5, 5.41) is 6.25. The second-order valence-electron chi connectivity index (χ2n) is 6.16. The van der Waals surface area contributed by atoms with Gasteiger partial charge in [-0.3, -0.25) is 4.79 Å². The number of carbonyl (C=O) groups excluding carboxylic acids is 1. The number of rotatable bonds is 4. The zero-order chi connectivity index (χ0) is 14.6. The minimum absolute atomic E-state index is 0.0621. The maximum absolute atomic E-state index is 13.3. The monoisotopic (exact) mass is 278 g/mol. The number of halogens is 1. The van der Waals surface area contributed by atoms with Crippen molar-refractivity contribution in [2.75, 3.05) is 19.6 Å². The summed E-state index contributed by atoms with van der Waals surface area (Å²) in [4.78, 5) is 12.1. The molecule has 1 aromatic rings. The fourth-order valence-corrected chi connectivity index (χ4v) is 2.54. The molecule has 2 rings (SSSR count). The van der Waals surface area contributed by atoms with E-state index in [9.17, 15) is 9.18 Å². The van der Waals surface area contributed by atoms with Crippen LogP contribution in [0.4, 0.5) is 4.39 Å². The summed E-state index contributed by atoms with van der Waals surface area (Å²) in [5.41, 5.74) is 0.624. The van der Waals surface area contributed by atoms with E-state index in [1.54, 1.807) is 6.07 Å². The van der Waals surface area contributed by atoms with Gasteiger partial charge in [-0.2, -0.15) is 0 Å². The standard InChI is InChI=1S/C16H23FN2O/c1-16(2,13-6-3-7-14(17)9-13)11-19-15(20)12-5-4-8-18-10-12/h3,6-7,9,12,18H,4-5,8,10-11H2,1-2H3,(H,19,20). The molecule has 0 saturated carbocycles. The first kappa shape index (κ1) is 15.0. The Morgan fingerprint density at radius 3 is 2.95 bits per heavy atom. The third kappa shape index (κ3) is 3.79. The molecule has 20 heavy (non-hydrogen) atoms. The van der Waals surface area contributed by atoms with Crippen LogP contribution in [0.3, 0.4) is 0 Å². The molecule has 1 unspecified atom stereocenters. The summed E-state index contributed by atoms with van der Waals surface area (Å²) in [6, 6.07) is 6.58. The van der Waals surface area contributed by atoms with Gasteiger partial charge in [0.1, 0.15) is 5.82 Å². The fourth-order valence-electron chi connectivity index (χ4n) is 2.54. The van der Waals surface area contributed by atoms with E-state index in [0.717, 1.165) is 31.5 Å². The molecular formula is C16H23FN2O. The lowest BCUT2D eigenvalue weighted by Crippen LogP contribution is -2.44. The van der Waals surface area contributed by atoms with Crippen LogP contribution in [-0.2, 0) is 10.2 Å². The van der Waals surface area contributed by atoms with E-state index in [-0.39, 0.29) is 23.1 Å². The molecule has 110 valence electrons. The molecule has 1 fully saturated rings. The van der Waals surface area contributed by atoms with Gasteiger partial charge in [-0.1, -0.05) is 26.0 Å². The predicted molar refractivity (Wildman–Crippen MR) is 78.0 cm³/mol. The van der Waals surface area contributed by atoms with Crippen molar-refractivity contribution in [2.45, 2.75) is 32.1 Å². The molecule has 0 aromatic heterocycles. The summed E-state index contributed by atoms with van der Waals surface area (Å²) < 4.78 is 13.3. The average molecular weight is 278 g/mol. The van der Waals surface area contributed by atoms with Crippen LogP contribution in [0.2, 0.25) is 0 Å². The maximum Gasteiger partial charge on any atom is 0.224 e. The van der Waals surface area contributed by atoms with E-state index in [1.165, 1.54) is 12.1 Å². The highest BCUT2D eigenvalue weighted by molar-refractivity contribution is 5.79. The molecule has 1 aliphatic heterocycles. The molecule has 0 bridgehead atoms. The minimum atomic E-state index is -0.278. The number of hydrogen-bond donors (Lipinski definition) is 2. The van der Waals surface area contributed by atoms with Crippen molar-refractivity contribution < 1.29 is 9.18 Å². The molecule has 0 radical (unpaired) electrons. The Labute approximate surface area is 120 Å². The van der Waals surface area contributed by atoms with Gasteiger partial charge < -0.3 is 10.6 Å². The fraction of sp³-hybridized carbons (Fsp3) is 0.562. The molecule has 1 heterocycles. The normalized spacial score (nSPS) is 19.6. The van der Waals surface area contributed by atoms with E-state index >= 15 is 0 Å². The highest BCUT2D eigenvalue weighted by Crippen LogP contribution is 2.23. The second kappa shape index (κ2) is 6.35. The molecule has 3 nitrogen and oxygen atoms in total. The van der Waals surface area contributed by atoms with Gasteiger partial charge in [-0.25, -0.2) is 4.39 Å². The second-order valence-corrected chi connectivity index (χ2v) is 6.16. The maximum atomic E-state index is 13.3. The van der Waals surface area contributed by atoms with Crippen LogP contribution in [0.1, 0.15) is 32.3 Å². The van der Waals surface area contributed by atoms with Crippen molar-refractivity contribution in [1.82, 2.24) is 10.6 Å². The van der Waals surface area contributed by atoms with Crippen LogP contribution < -0.4 is 10.6 Å². The molecule has 1 saturated heterocycles. The number of piperidine rings is 1. The molecule has 1 atom stereocenters. The Balaban J connectivity index is 1.93. The minimum Gasteiger partial charge on any atom is -0.355 e. The van der Waals surface area contributed by atoms with Gasteiger partial charge in [0, 0.05) is 18.5 Å². The highest BCUT2D eigenvalue weighted by atomic mass is 19.1. The van der Waals surface area contributed by atoms with Crippen LogP contribution in [0.5, 0.6) is 0 Å². The van der Waals surface area contributed by atoms with Gasteiger partial charge in [0.05, 0.1) is 5.92 Å². The van der Waals surface area contributed by atoms with Crippen LogP contribution >= 0.6 is 0 Å². The Hall–Kier alpha value is -1.42. The Kier molecular flexibility index (Phi) is 4.76.